The molecule has 0 saturated heterocycles. The van der Waals surface area contributed by atoms with Gasteiger partial charge in [-0.15, -0.1) is 0 Å². The van der Waals surface area contributed by atoms with E-state index in [-0.39, 0.29) is 0 Å². The quantitative estimate of drug-likeness (QED) is 0.889. The number of anilines is 1. The van der Waals surface area contributed by atoms with Crippen molar-refractivity contribution in [2.75, 3.05) is 5.32 Å². The maximum atomic E-state index is 11.8. The lowest BCUT2D eigenvalue weighted by Crippen LogP contribution is -2.41. The van der Waals surface area contributed by atoms with Crippen molar-refractivity contribution in [3.8, 4) is 0 Å². The first-order valence-corrected chi connectivity index (χ1v) is 6.58. The number of aliphatic carboxylic acids is 1. The first kappa shape index (κ1) is 14.1. The van der Waals surface area contributed by atoms with Gasteiger partial charge < -0.3 is 10.4 Å². The van der Waals surface area contributed by atoms with E-state index in [1.165, 1.54) is 0 Å². The highest BCUT2D eigenvalue weighted by Gasteiger charge is 2.36. The zero-order valence-corrected chi connectivity index (χ0v) is 12.0. The van der Waals surface area contributed by atoms with E-state index in [9.17, 15) is 9.90 Å². The lowest BCUT2D eigenvalue weighted by molar-refractivity contribution is -0.142. The Morgan fingerprint density at radius 1 is 1.10 bits per heavy atom. The molecule has 0 fully saturated rings. The molecule has 2 rings (SSSR count). The number of hydrogen-bond donors (Lipinski definition) is 2. The van der Waals surface area contributed by atoms with Crippen LogP contribution in [0.5, 0.6) is 0 Å². The Morgan fingerprint density at radius 2 is 1.75 bits per heavy atom. The summed E-state index contributed by atoms with van der Waals surface area (Å²) in [5.74, 6) is -0.895. The van der Waals surface area contributed by atoms with Gasteiger partial charge in [0.1, 0.15) is 0 Å². The van der Waals surface area contributed by atoms with Crippen LogP contribution in [0.3, 0.4) is 0 Å². The van der Waals surface area contributed by atoms with E-state index in [0.29, 0.717) is 0 Å². The molecule has 0 spiro atoms. The fraction of sp³-hybridized carbons (Fsp3) is 0.235. The second kappa shape index (κ2) is 5.37. The minimum atomic E-state index is -1.15. The van der Waals surface area contributed by atoms with Crippen LogP contribution in [0.15, 0.2) is 48.5 Å². The monoisotopic (exact) mass is 269 g/mol. The first-order valence-electron chi connectivity index (χ1n) is 6.58. The molecule has 104 valence electrons. The summed E-state index contributed by atoms with van der Waals surface area (Å²) >= 11 is 0. The van der Waals surface area contributed by atoms with Crippen LogP contribution in [0.1, 0.15) is 23.6 Å². The zero-order valence-electron chi connectivity index (χ0n) is 12.0. The van der Waals surface area contributed by atoms with Gasteiger partial charge in [0.25, 0.3) is 0 Å². The number of aryl methyl sites for hydroxylation is 2. The van der Waals surface area contributed by atoms with E-state index in [4.69, 9.17) is 0 Å². The normalized spacial score (nSPS) is 13.6. The van der Waals surface area contributed by atoms with E-state index in [0.717, 1.165) is 22.4 Å². The number of rotatable bonds is 4. The summed E-state index contributed by atoms with van der Waals surface area (Å²) in [6.07, 6.45) is 0. The predicted molar refractivity (Wildman–Crippen MR) is 81.0 cm³/mol. The van der Waals surface area contributed by atoms with Crippen molar-refractivity contribution in [3.05, 3.63) is 65.2 Å². The summed E-state index contributed by atoms with van der Waals surface area (Å²) < 4.78 is 0. The fourth-order valence-corrected chi connectivity index (χ4v) is 2.42. The molecule has 0 aliphatic rings. The molecule has 2 aromatic rings. The van der Waals surface area contributed by atoms with Crippen molar-refractivity contribution in [3.63, 3.8) is 0 Å². The lowest BCUT2D eigenvalue weighted by Gasteiger charge is -2.29. The molecule has 0 radical (unpaired) electrons. The molecule has 3 heteroatoms. The maximum Gasteiger partial charge on any atom is 0.333 e. The first-order chi connectivity index (χ1) is 9.43. The van der Waals surface area contributed by atoms with Crippen molar-refractivity contribution in [2.45, 2.75) is 26.3 Å². The van der Waals surface area contributed by atoms with Gasteiger partial charge >= 0.3 is 5.97 Å². The van der Waals surface area contributed by atoms with Gasteiger partial charge in [0.15, 0.2) is 5.54 Å². The van der Waals surface area contributed by atoms with E-state index in [1.54, 1.807) is 6.92 Å². The lowest BCUT2D eigenvalue weighted by atomic mass is 9.87. The summed E-state index contributed by atoms with van der Waals surface area (Å²) in [6, 6.07) is 15.2. The number of carboxylic acids is 1. The second-order valence-corrected chi connectivity index (χ2v) is 5.24. The van der Waals surface area contributed by atoms with Crippen molar-refractivity contribution >= 4 is 11.7 Å². The SMILES string of the molecule is Cc1ccc(C(C)(Nc2ccccc2)C(=O)O)c(C)c1. The molecule has 3 nitrogen and oxygen atoms in total. The van der Waals surface area contributed by atoms with Gasteiger partial charge in [-0.3, -0.25) is 0 Å². The van der Waals surface area contributed by atoms with Crippen molar-refractivity contribution in [1.82, 2.24) is 0 Å². The molecule has 0 aromatic heterocycles. The van der Waals surface area contributed by atoms with E-state index in [1.807, 2.05) is 62.4 Å². The minimum Gasteiger partial charge on any atom is -0.479 e. The molecule has 20 heavy (non-hydrogen) atoms. The highest BCUT2D eigenvalue weighted by atomic mass is 16.4. The molecule has 0 aliphatic heterocycles. The number of para-hydroxylation sites is 1. The van der Waals surface area contributed by atoms with Gasteiger partial charge in [-0.1, -0.05) is 42.0 Å². The summed E-state index contributed by atoms with van der Waals surface area (Å²) in [4.78, 5) is 11.8. The van der Waals surface area contributed by atoms with Crippen LogP contribution in [0.4, 0.5) is 5.69 Å². The van der Waals surface area contributed by atoms with E-state index < -0.39 is 11.5 Å². The number of carboxylic acid groups (broad SMARTS) is 1. The highest BCUT2D eigenvalue weighted by molar-refractivity contribution is 5.84. The van der Waals surface area contributed by atoms with Crippen LogP contribution in [0, 0.1) is 13.8 Å². The summed E-state index contributed by atoms with van der Waals surface area (Å²) in [5, 5.41) is 12.8. The summed E-state index contributed by atoms with van der Waals surface area (Å²) in [6.45, 7) is 5.63. The van der Waals surface area contributed by atoms with Crippen LogP contribution >= 0.6 is 0 Å². The van der Waals surface area contributed by atoms with Gasteiger partial charge in [0, 0.05) is 5.69 Å². The molecule has 0 saturated carbocycles. The van der Waals surface area contributed by atoms with Gasteiger partial charge in [-0.05, 0) is 44.0 Å². The predicted octanol–water partition coefficient (Wildman–Crippen LogP) is 3.72. The van der Waals surface area contributed by atoms with E-state index in [2.05, 4.69) is 5.32 Å². The molecule has 0 aliphatic carbocycles. The molecule has 1 atom stereocenters. The standard InChI is InChI=1S/C17H19NO2/c1-12-9-10-15(13(2)11-12)17(3,16(19)20)18-14-7-5-4-6-8-14/h4-11,18H,1-3H3,(H,19,20). The van der Waals surface area contributed by atoms with Gasteiger partial charge in [-0.25, -0.2) is 4.79 Å². The molecule has 0 amide bonds. The number of nitrogens with one attached hydrogen (secondary N) is 1. The van der Waals surface area contributed by atoms with Crippen LogP contribution in [-0.4, -0.2) is 11.1 Å². The average Bonchev–Trinajstić information content (AvgIpc) is 2.39. The van der Waals surface area contributed by atoms with Crippen molar-refractivity contribution < 1.29 is 9.90 Å². The second-order valence-electron chi connectivity index (χ2n) is 5.24. The molecule has 0 bridgehead atoms. The van der Waals surface area contributed by atoms with Gasteiger partial charge in [0.05, 0.1) is 0 Å². The molecular formula is C17H19NO2. The maximum absolute atomic E-state index is 11.8. The Morgan fingerprint density at radius 3 is 2.30 bits per heavy atom. The Bertz CT molecular complexity index is 622. The van der Waals surface area contributed by atoms with E-state index >= 15 is 0 Å². The summed E-state index contributed by atoms with van der Waals surface area (Å²) in [5.41, 5.74) is 2.51. The largest absolute Gasteiger partial charge is 0.479 e. The van der Waals surface area contributed by atoms with Crippen LogP contribution < -0.4 is 5.32 Å². The Balaban J connectivity index is 2.47. The Kier molecular flexibility index (Phi) is 3.79. The van der Waals surface area contributed by atoms with Gasteiger partial charge in [-0.2, -0.15) is 0 Å². The highest BCUT2D eigenvalue weighted by Crippen LogP contribution is 2.29. The Hall–Kier alpha value is -2.29. The Labute approximate surface area is 119 Å². The third-order valence-electron chi connectivity index (χ3n) is 3.52. The fourth-order valence-electron chi connectivity index (χ4n) is 2.42. The molecule has 2 N–H and O–H groups in total. The smallest absolute Gasteiger partial charge is 0.333 e. The van der Waals surface area contributed by atoms with Crippen LogP contribution in [0.2, 0.25) is 0 Å². The van der Waals surface area contributed by atoms with Crippen LogP contribution in [0.25, 0.3) is 0 Å². The number of hydrogen-bond acceptors (Lipinski definition) is 2. The van der Waals surface area contributed by atoms with Crippen molar-refractivity contribution in [1.29, 1.82) is 0 Å². The third kappa shape index (κ3) is 2.67. The summed E-state index contributed by atoms with van der Waals surface area (Å²) in [7, 11) is 0. The number of benzene rings is 2. The molecule has 1 unspecified atom stereocenters. The van der Waals surface area contributed by atoms with Crippen LogP contribution in [-0.2, 0) is 10.3 Å². The number of carbonyl (C=O) groups is 1. The average molecular weight is 269 g/mol. The molecule has 0 heterocycles. The van der Waals surface area contributed by atoms with Crippen molar-refractivity contribution in [2.24, 2.45) is 0 Å². The topological polar surface area (TPSA) is 49.3 Å². The molecule has 2 aromatic carbocycles. The van der Waals surface area contributed by atoms with Gasteiger partial charge in [0.2, 0.25) is 0 Å². The third-order valence-corrected chi connectivity index (χ3v) is 3.52. The zero-order chi connectivity index (χ0) is 14.8. The molecular weight excluding hydrogens is 250 g/mol. The minimum absolute atomic E-state index is 0.777.